The molecule has 4 N–H and O–H groups in total. The molecule has 1 saturated carbocycles. The van der Waals surface area contributed by atoms with Gasteiger partial charge in [0.1, 0.15) is 17.4 Å². The molecule has 1 fully saturated rings. The SMILES string of the molecule is COc1cc(C)c(F)cc1C(=O)c1cnc(NC2CCC(C(=O)O)CC2)nc1N. The quantitative estimate of drug-likeness (QED) is 0.630. The molecule has 1 aromatic carbocycles. The smallest absolute Gasteiger partial charge is 0.306 e. The van der Waals surface area contributed by atoms with Crippen LogP contribution in [0.4, 0.5) is 16.2 Å². The van der Waals surface area contributed by atoms with Crippen molar-refractivity contribution in [3.63, 3.8) is 0 Å². The van der Waals surface area contributed by atoms with Crippen molar-refractivity contribution in [1.29, 1.82) is 0 Å². The summed E-state index contributed by atoms with van der Waals surface area (Å²) in [5.74, 6) is -1.67. The van der Waals surface area contributed by atoms with Crippen molar-refractivity contribution in [2.75, 3.05) is 18.2 Å². The van der Waals surface area contributed by atoms with E-state index in [9.17, 15) is 14.0 Å². The number of nitrogens with zero attached hydrogens (tertiary/aromatic N) is 2. The van der Waals surface area contributed by atoms with Crippen LogP contribution in [0.3, 0.4) is 0 Å². The highest BCUT2D eigenvalue weighted by atomic mass is 19.1. The third-order valence-corrected chi connectivity index (χ3v) is 5.20. The van der Waals surface area contributed by atoms with Crippen LogP contribution in [0.5, 0.6) is 5.75 Å². The number of rotatable bonds is 6. The number of nitrogens with one attached hydrogen (secondary N) is 1. The van der Waals surface area contributed by atoms with Crippen molar-refractivity contribution in [2.45, 2.75) is 38.6 Å². The highest BCUT2D eigenvalue weighted by Crippen LogP contribution is 2.28. The number of carboxylic acid groups (broad SMARTS) is 1. The molecule has 0 bridgehead atoms. The van der Waals surface area contributed by atoms with Crippen molar-refractivity contribution < 1.29 is 23.8 Å². The summed E-state index contributed by atoms with van der Waals surface area (Å²) in [7, 11) is 1.40. The summed E-state index contributed by atoms with van der Waals surface area (Å²) in [6.45, 7) is 1.58. The molecule has 154 valence electrons. The van der Waals surface area contributed by atoms with E-state index < -0.39 is 17.6 Å². The number of hydrogen-bond acceptors (Lipinski definition) is 7. The van der Waals surface area contributed by atoms with Gasteiger partial charge < -0.3 is 20.9 Å². The Balaban J connectivity index is 1.76. The zero-order chi connectivity index (χ0) is 21.1. The van der Waals surface area contributed by atoms with Crippen LogP contribution in [0.2, 0.25) is 0 Å². The van der Waals surface area contributed by atoms with Gasteiger partial charge in [-0.3, -0.25) is 9.59 Å². The molecular formula is C20H23FN4O4. The Labute approximate surface area is 167 Å². The zero-order valence-corrected chi connectivity index (χ0v) is 16.2. The fourth-order valence-corrected chi connectivity index (χ4v) is 3.45. The molecule has 0 spiro atoms. The molecule has 0 radical (unpaired) electrons. The fraction of sp³-hybridized carbons (Fsp3) is 0.400. The molecule has 0 amide bonds. The highest BCUT2D eigenvalue weighted by Gasteiger charge is 2.26. The lowest BCUT2D eigenvalue weighted by Crippen LogP contribution is -2.30. The number of halogens is 1. The van der Waals surface area contributed by atoms with Crippen molar-refractivity contribution in [3.05, 3.63) is 40.8 Å². The maximum atomic E-state index is 14.0. The second kappa shape index (κ2) is 8.42. The van der Waals surface area contributed by atoms with Gasteiger partial charge in [-0.15, -0.1) is 0 Å². The van der Waals surface area contributed by atoms with Crippen molar-refractivity contribution >= 4 is 23.5 Å². The second-order valence-electron chi connectivity index (χ2n) is 7.15. The summed E-state index contributed by atoms with van der Waals surface area (Å²) in [5, 5.41) is 12.2. The lowest BCUT2D eigenvalue weighted by molar-refractivity contribution is -0.142. The Morgan fingerprint density at radius 2 is 1.93 bits per heavy atom. The fourth-order valence-electron chi connectivity index (χ4n) is 3.45. The Bertz CT molecular complexity index is 942. The third-order valence-electron chi connectivity index (χ3n) is 5.20. The number of carboxylic acids is 1. The normalized spacial score (nSPS) is 18.9. The first-order valence-electron chi connectivity index (χ1n) is 9.30. The van der Waals surface area contributed by atoms with E-state index in [-0.39, 0.29) is 40.6 Å². The van der Waals surface area contributed by atoms with Crippen LogP contribution in [0.15, 0.2) is 18.3 Å². The number of nitrogen functional groups attached to an aromatic ring is 1. The summed E-state index contributed by atoms with van der Waals surface area (Å²) < 4.78 is 19.1. The van der Waals surface area contributed by atoms with E-state index in [0.717, 1.165) is 6.07 Å². The molecule has 0 atom stereocenters. The van der Waals surface area contributed by atoms with Crippen LogP contribution in [0.25, 0.3) is 0 Å². The molecule has 8 nitrogen and oxygen atoms in total. The first-order valence-corrected chi connectivity index (χ1v) is 9.30. The van der Waals surface area contributed by atoms with Gasteiger partial charge in [0, 0.05) is 12.2 Å². The Kier molecular flexibility index (Phi) is 5.95. The predicted molar refractivity (Wildman–Crippen MR) is 105 cm³/mol. The summed E-state index contributed by atoms with van der Waals surface area (Å²) in [5.41, 5.74) is 6.41. The van der Waals surface area contributed by atoms with E-state index in [2.05, 4.69) is 15.3 Å². The van der Waals surface area contributed by atoms with E-state index >= 15 is 0 Å². The minimum absolute atomic E-state index is 0.0326. The molecule has 0 unspecified atom stereocenters. The first-order chi connectivity index (χ1) is 13.8. The summed E-state index contributed by atoms with van der Waals surface area (Å²) in [4.78, 5) is 32.2. The maximum absolute atomic E-state index is 14.0. The molecular weight excluding hydrogens is 379 g/mol. The van der Waals surface area contributed by atoms with Gasteiger partial charge in [-0.2, -0.15) is 4.98 Å². The first kappa shape index (κ1) is 20.5. The van der Waals surface area contributed by atoms with Crippen molar-refractivity contribution in [2.24, 2.45) is 5.92 Å². The van der Waals surface area contributed by atoms with E-state index in [1.807, 2.05) is 0 Å². The van der Waals surface area contributed by atoms with Crippen LogP contribution in [-0.2, 0) is 4.79 Å². The van der Waals surface area contributed by atoms with Crippen LogP contribution < -0.4 is 15.8 Å². The molecule has 0 saturated heterocycles. The Hall–Kier alpha value is -3.23. The van der Waals surface area contributed by atoms with Crippen LogP contribution in [-0.4, -0.2) is 40.0 Å². The van der Waals surface area contributed by atoms with Crippen LogP contribution in [0, 0.1) is 18.7 Å². The maximum Gasteiger partial charge on any atom is 0.306 e. The Morgan fingerprint density at radius 3 is 2.52 bits per heavy atom. The molecule has 9 heteroatoms. The van der Waals surface area contributed by atoms with Crippen molar-refractivity contribution in [3.8, 4) is 5.75 Å². The zero-order valence-electron chi connectivity index (χ0n) is 16.2. The number of benzene rings is 1. The van der Waals surface area contributed by atoms with Gasteiger partial charge in [0.05, 0.1) is 24.2 Å². The number of carbonyl (C=O) groups is 2. The van der Waals surface area contributed by atoms with Gasteiger partial charge in [-0.25, -0.2) is 9.37 Å². The van der Waals surface area contributed by atoms with Gasteiger partial charge in [0.15, 0.2) is 0 Å². The monoisotopic (exact) mass is 402 g/mol. The van der Waals surface area contributed by atoms with E-state index in [1.54, 1.807) is 6.92 Å². The number of aliphatic carboxylic acids is 1. The van der Waals surface area contributed by atoms with Crippen LogP contribution in [0.1, 0.15) is 47.2 Å². The molecule has 1 heterocycles. The topological polar surface area (TPSA) is 127 Å². The lowest BCUT2D eigenvalue weighted by Gasteiger charge is -2.26. The third kappa shape index (κ3) is 4.44. The average molecular weight is 402 g/mol. The van der Waals surface area contributed by atoms with Gasteiger partial charge in [0.25, 0.3) is 0 Å². The average Bonchev–Trinajstić information content (AvgIpc) is 2.69. The number of anilines is 2. The lowest BCUT2D eigenvalue weighted by atomic mass is 9.86. The number of ether oxygens (including phenoxy) is 1. The standard InChI is InChI=1S/C20H23FN4O4/c1-10-7-16(29-2)13(8-15(10)21)17(26)14-9-23-20(25-18(14)22)24-12-5-3-11(4-6-12)19(27)28/h7-9,11-12H,3-6H2,1-2H3,(H,27,28)(H3,22,23,24,25). The van der Waals surface area contributed by atoms with Gasteiger partial charge in [0.2, 0.25) is 11.7 Å². The summed E-state index contributed by atoms with van der Waals surface area (Å²) in [6.07, 6.45) is 3.82. The molecule has 1 aromatic heterocycles. The van der Waals surface area contributed by atoms with Crippen molar-refractivity contribution in [1.82, 2.24) is 9.97 Å². The van der Waals surface area contributed by atoms with Gasteiger partial charge in [-0.1, -0.05) is 0 Å². The predicted octanol–water partition coefficient (Wildman–Crippen LogP) is 2.80. The molecule has 1 aliphatic carbocycles. The number of methoxy groups -OCH3 is 1. The summed E-state index contributed by atoms with van der Waals surface area (Å²) >= 11 is 0. The highest BCUT2D eigenvalue weighted by molar-refractivity contribution is 6.13. The number of carbonyl (C=O) groups excluding carboxylic acids is 1. The van der Waals surface area contributed by atoms with Gasteiger partial charge in [-0.05, 0) is 50.3 Å². The number of aryl methyl sites for hydroxylation is 1. The second-order valence-corrected chi connectivity index (χ2v) is 7.15. The number of nitrogens with two attached hydrogens (primary N) is 1. The Morgan fingerprint density at radius 1 is 1.24 bits per heavy atom. The van der Waals surface area contributed by atoms with Crippen LogP contribution >= 0.6 is 0 Å². The largest absolute Gasteiger partial charge is 0.496 e. The van der Waals surface area contributed by atoms with E-state index in [0.29, 0.717) is 31.2 Å². The minimum atomic E-state index is -0.769. The van der Waals surface area contributed by atoms with E-state index in [1.165, 1.54) is 19.4 Å². The number of hydrogen-bond donors (Lipinski definition) is 3. The molecule has 1 aliphatic rings. The molecule has 2 aromatic rings. The molecule has 29 heavy (non-hydrogen) atoms. The minimum Gasteiger partial charge on any atom is -0.496 e. The van der Waals surface area contributed by atoms with Gasteiger partial charge >= 0.3 is 5.97 Å². The molecule has 3 rings (SSSR count). The number of ketones is 1. The number of aromatic nitrogens is 2. The summed E-state index contributed by atoms with van der Waals surface area (Å²) in [6, 6.07) is 2.60. The molecule has 0 aliphatic heterocycles. The van der Waals surface area contributed by atoms with E-state index in [4.69, 9.17) is 15.6 Å².